The van der Waals surface area contributed by atoms with Gasteiger partial charge in [-0.25, -0.2) is 0 Å². The first-order chi connectivity index (χ1) is 3.39. The Morgan fingerprint density at radius 2 is 2.57 bits per heavy atom. The van der Waals surface area contributed by atoms with Gasteiger partial charge in [-0.3, -0.25) is 4.20 Å². The summed E-state index contributed by atoms with van der Waals surface area (Å²) in [6.07, 6.45) is 3.22. The van der Waals surface area contributed by atoms with E-state index in [1.165, 1.54) is 0 Å². The molecule has 36 valence electrons. The Hall–Kier alpha value is -0.270. The number of aromatic nitrogens is 1. The van der Waals surface area contributed by atoms with E-state index < -0.39 is 6.71 Å². The molecular formula is C3H3NOPS+. The molecule has 1 aromatic rings. The van der Waals surface area contributed by atoms with E-state index in [2.05, 4.69) is 16.6 Å². The SMILES string of the molecule is S=[p+]1nccco1. The summed E-state index contributed by atoms with van der Waals surface area (Å²) < 4.78 is 8.55. The van der Waals surface area contributed by atoms with E-state index in [0.717, 1.165) is 0 Å². The summed E-state index contributed by atoms with van der Waals surface area (Å²) in [6, 6.07) is 1.71. The Balaban J connectivity index is 3.28. The highest BCUT2D eigenvalue weighted by molar-refractivity contribution is 8.11. The van der Waals surface area contributed by atoms with Crippen molar-refractivity contribution in [1.82, 2.24) is 4.75 Å². The van der Waals surface area contributed by atoms with Crippen molar-refractivity contribution in [1.29, 1.82) is 0 Å². The minimum atomic E-state index is -0.926. The molecule has 7 heavy (non-hydrogen) atoms. The molecule has 0 bridgehead atoms. The second-order valence-electron chi connectivity index (χ2n) is 0.936. The zero-order valence-corrected chi connectivity index (χ0v) is 5.15. The minimum absolute atomic E-state index is 0.926. The Morgan fingerprint density at radius 3 is 2.86 bits per heavy atom. The van der Waals surface area contributed by atoms with Crippen LogP contribution in [0.15, 0.2) is 22.7 Å². The average molecular weight is 132 g/mol. The first kappa shape index (κ1) is 4.88. The third kappa shape index (κ3) is 1.33. The maximum absolute atomic E-state index is 4.78. The predicted molar refractivity (Wildman–Crippen MR) is 31.0 cm³/mol. The van der Waals surface area contributed by atoms with Gasteiger partial charge in [0, 0.05) is 6.07 Å². The highest BCUT2D eigenvalue weighted by Crippen LogP contribution is 2.07. The topological polar surface area (TPSA) is 26.0 Å². The largest absolute Gasteiger partial charge is 0.546 e. The third-order valence-electron chi connectivity index (χ3n) is 0.477. The summed E-state index contributed by atoms with van der Waals surface area (Å²) in [5, 5.41) is 0. The van der Waals surface area contributed by atoms with Crippen molar-refractivity contribution in [3.05, 3.63) is 18.5 Å². The van der Waals surface area contributed by atoms with E-state index in [0.29, 0.717) is 0 Å². The van der Waals surface area contributed by atoms with Crippen molar-refractivity contribution in [2.75, 3.05) is 0 Å². The van der Waals surface area contributed by atoms with Crippen molar-refractivity contribution < 1.29 is 4.20 Å². The standard InChI is InChI=1S/C3H3NOPS/c7-6-4-2-1-3-5-6/h1-3H/q+1. The lowest BCUT2D eigenvalue weighted by Gasteiger charge is -1.61. The van der Waals surface area contributed by atoms with Crippen LogP contribution < -0.4 is 0 Å². The van der Waals surface area contributed by atoms with Gasteiger partial charge in [-0.2, -0.15) is 0 Å². The van der Waals surface area contributed by atoms with Crippen molar-refractivity contribution in [2.45, 2.75) is 0 Å². The van der Waals surface area contributed by atoms with Crippen molar-refractivity contribution >= 4 is 18.5 Å². The zero-order valence-electron chi connectivity index (χ0n) is 3.44. The zero-order chi connectivity index (χ0) is 5.11. The van der Waals surface area contributed by atoms with Gasteiger partial charge in [0.2, 0.25) is 11.8 Å². The molecule has 2 nitrogen and oxygen atoms in total. The highest BCUT2D eigenvalue weighted by Gasteiger charge is 1.86. The summed E-state index contributed by atoms with van der Waals surface area (Å²) >= 11 is 4.68. The summed E-state index contributed by atoms with van der Waals surface area (Å²) in [7, 11) is 0. The highest BCUT2D eigenvalue weighted by atomic mass is 32.4. The molecule has 0 spiro atoms. The summed E-state index contributed by atoms with van der Waals surface area (Å²) in [5.74, 6) is 0. The molecule has 4 heteroatoms. The number of hydrogen-bond acceptors (Lipinski definition) is 3. The Bertz CT molecular complexity index is 181. The van der Waals surface area contributed by atoms with Crippen LogP contribution in [0.2, 0.25) is 0 Å². The van der Waals surface area contributed by atoms with Crippen LogP contribution >= 0.6 is 18.5 Å². The molecule has 0 aromatic carbocycles. The van der Waals surface area contributed by atoms with Crippen LogP contribution in [0.25, 0.3) is 0 Å². The van der Waals surface area contributed by atoms with Gasteiger partial charge in [0.15, 0.2) is 6.26 Å². The fraction of sp³-hybridized carbons (Fsp3) is 0. The van der Waals surface area contributed by atoms with Gasteiger partial charge in [0.25, 0.3) is 0 Å². The van der Waals surface area contributed by atoms with Gasteiger partial charge in [0.05, 0.1) is 6.20 Å². The van der Waals surface area contributed by atoms with Crippen LogP contribution in [-0.2, 0) is 0 Å². The second-order valence-corrected chi connectivity index (χ2v) is 2.79. The molecule has 0 aliphatic carbocycles. The first-order valence-electron chi connectivity index (χ1n) is 1.73. The van der Waals surface area contributed by atoms with E-state index in [1.54, 1.807) is 18.5 Å². The lowest BCUT2D eigenvalue weighted by molar-refractivity contribution is 0.678. The van der Waals surface area contributed by atoms with Crippen LogP contribution in [0.5, 0.6) is 0 Å². The molecule has 1 aromatic heterocycles. The van der Waals surface area contributed by atoms with E-state index in [4.69, 9.17) is 4.20 Å². The summed E-state index contributed by atoms with van der Waals surface area (Å²) in [6.45, 7) is -0.926. The van der Waals surface area contributed by atoms with Gasteiger partial charge in [-0.15, -0.1) is 0 Å². The van der Waals surface area contributed by atoms with Gasteiger partial charge < -0.3 is 0 Å². The molecule has 0 aliphatic rings. The maximum Gasteiger partial charge on any atom is 0.546 e. The van der Waals surface area contributed by atoms with Crippen LogP contribution in [0, 0.1) is 0 Å². The molecule has 0 saturated heterocycles. The van der Waals surface area contributed by atoms with Crippen molar-refractivity contribution in [3.63, 3.8) is 0 Å². The minimum Gasteiger partial charge on any atom is -0.262 e. The summed E-state index contributed by atoms with van der Waals surface area (Å²) in [5.41, 5.74) is 0. The van der Waals surface area contributed by atoms with Crippen molar-refractivity contribution in [3.8, 4) is 0 Å². The van der Waals surface area contributed by atoms with Crippen LogP contribution in [0.1, 0.15) is 0 Å². The van der Waals surface area contributed by atoms with E-state index in [1.807, 2.05) is 0 Å². The molecule has 0 radical (unpaired) electrons. The number of hydrogen-bond donors (Lipinski definition) is 0. The molecule has 0 aliphatic heterocycles. The molecule has 0 fully saturated rings. The Morgan fingerprint density at radius 1 is 1.71 bits per heavy atom. The van der Waals surface area contributed by atoms with Gasteiger partial charge in [0.1, 0.15) is 0 Å². The molecule has 1 heterocycles. The molecule has 1 unspecified atom stereocenters. The molecule has 0 N–H and O–H groups in total. The normalized spacial score (nSPS) is 11.1. The lowest BCUT2D eigenvalue weighted by atomic mass is 10.8. The molecule has 1 rings (SSSR count). The van der Waals surface area contributed by atoms with Gasteiger partial charge in [-0.1, -0.05) is 0 Å². The molecule has 0 saturated carbocycles. The quantitative estimate of drug-likeness (QED) is 0.541. The second kappa shape index (κ2) is 2.15. The maximum atomic E-state index is 4.78. The molecular weight excluding hydrogens is 129 g/mol. The number of rotatable bonds is 0. The smallest absolute Gasteiger partial charge is 0.262 e. The Labute approximate surface area is 46.7 Å². The first-order valence-corrected chi connectivity index (χ1v) is 3.95. The average Bonchev–Trinajstić information content (AvgIpc) is 1.69. The van der Waals surface area contributed by atoms with Crippen LogP contribution in [-0.4, -0.2) is 4.75 Å². The third-order valence-corrected chi connectivity index (χ3v) is 1.64. The van der Waals surface area contributed by atoms with Crippen LogP contribution in [0.3, 0.4) is 0 Å². The fourth-order valence-electron chi connectivity index (χ4n) is 0.242. The molecule has 0 amide bonds. The van der Waals surface area contributed by atoms with Gasteiger partial charge >= 0.3 is 6.71 Å². The van der Waals surface area contributed by atoms with Crippen LogP contribution in [0.4, 0.5) is 0 Å². The predicted octanol–water partition coefficient (Wildman–Crippen LogP) is 2.18. The lowest BCUT2D eigenvalue weighted by Crippen LogP contribution is -1.52. The van der Waals surface area contributed by atoms with E-state index in [9.17, 15) is 0 Å². The van der Waals surface area contributed by atoms with E-state index >= 15 is 0 Å². The Kier molecular flexibility index (Phi) is 1.50. The monoisotopic (exact) mass is 132 g/mol. The van der Waals surface area contributed by atoms with E-state index in [-0.39, 0.29) is 0 Å². The summed E-state index contributed by atoms with van der Waals surface area (Å²) in [4.78, 5) is 0. The molecule has 1 atom stereocenters. The number of nitrogens with zero attached hydrogens (tertiary/aromatic N) is 1. The van der Waals surface area contributed by atoms with Crippen molar-refractivity contribution in [2.24, 2.45) is 0 Å². The fourth-order valence-corrected chi connectivity index (χ4v) is 0.970. The van der Waals surface area contributed by atoms with Gasteiger partial charge in [-0.05, 0) is 4.75 Å².